The van der Waals surface area contributed by atoms with Gasteiger partial charge in [0.15, 0.2) is 0 Å². The van der Waals surface area contributed by atoms with Crippen LogP contribution in [-0.2, 0) is 16.0 Å². The summed E-state index contributed by atoms with van der Waals surface area (Å²) in [6.45, 7) is 5.56. The predicted octanol–water partition coefficient (Wildman–Crippen LogP) is 2.15. The molecule has 0 fully saturated rings. The highest BCUT2D eigenvalue weighted by molar-refractivity contribution is 5.83. The fourth-order valence-corrected chi connectivity index (χ4v) is 1.90. The van der Waals surface area contributed by atoms with E-state index in [2.05, 4.69) is 5.32 Å². The van der Waals surface area contributed by atoms with Crippen molar-refractivity contribution < 1.29 is 14.7 Å². The first-order valence-electron chi connectivity index (χ1n) is 6.48. The topological polar surface area (TPSA) is 66.4 Å². The number of carboxylic acid groups (broad SMARTS) is 1. The smallest absolute Gasteiger partial charge is 0.326 e. The van der Waals surface area contributed by atoms with Gasteiger partial charge in [-0.05, 0) is 30.4 Å². The van der Waals surface area contributed by atoms with Gasteiger partial charge >= 0.3 is 5.97 Å². The zero-order valence-electron chi connectivity index (χ0n) is 11.6. The number of aliphatic carboxylic acids is 1. The third kappa shape index (κ3) is 4.73. The highest BCUT2D eigenvalue weighted by Crippen LogP contribution is 2.10. The van der Waals surface area contributed by atoms with Crippen LogP contribution in [0, 0.1) is 12.8 Å². The summed E-state index contributed by atoms with van der Waals surface area (Å²) in [5.74, 6) is -1.33. The summed E-state index contributed by atoms with van der Waals surface area (Å²) in [5.41, 5.74) is 2.27. The number of carbonyl (C=O) groups excluding carboxylic acids is 1. The first-order chi connectivity index (χ1) is 8.91. The van der Waals surface area contributed by atoms with Gasteiger partial charge in [-0.15, -0.1) is 0 Å². The Bertz CT molecular complexity index is 454. The number of hydrogen-bond acceptors (Lipinski definition) is 2. The summed E-state index contributed by atoms with van der Waals surface area (Å²) >= 11 is 0. The Morgan fingerprint density at radius 1 is 1.26 bits per heavy atom. The molecule has 0 radical (unpaired) electrons. The van der Waals surface area contributed by atoms with Crippen LogP contribution in [-0.4, -0.2) is 23.0 Å². The monoisotopic (exact) mass is 263 g/mol. The van der Waals surface area contributed by atoms with Gasteiger partial charge in [0.05, 0.1) is 0 Å². The van der Waals surface area contributed by atoms with Gasteiger partial charge in [0.25, 0.3) is 0 Å². The maximum Gasteiger partial charge on any atom is 0.326 e. The maximum atomic E-state index is 11.8. The first-order valence-corrected chi connectivity index (χ1v) is 6.48. The van der Waals surface area contributed by atoms with E-state index in [0.29, 0.717) is 12.8 Å². The Kier molecular flexibility index (Phi) is 5.55. The third-order valence-corrected chi connectivity index (χ3v) is 3.13. The highest BCUT2D eigenvalue weighted by atomic mass is 16.4. The van der Waals surface area contributed by atoms with E-state index >= 15 is 0 Å². The van der Waals surface area contributed by atoms with Gasteiger partial charge in [0, 0.05) is 6.42 Å². The van der Waals surface area contributed by atoms with Crippen LogP contribution in [0.4, 0.5) is 0 Å². The molecule has 0 saturated carbocycles. The molecule has 2 N–H and O–H groups in total. The van der Waals surface area contributed by atoms with E-state index in [1.807, 2.05) is 31.2 Å². The Morgan fingerprint density at radius 2 is 1.89 bits per heavy atom. The molecular formula is C15H21NO3. The molecule has 0 saturated heterocycles. The number of hydrogen-bond donors (Lipinski definition) is 2. The van der Waals surface area contributed by atoms with Crippen LogP contribution in [0.1, 0.15) is 31.4 Å². The molecule has 104 valence electrons. The summed E-state index contributed by atoms with van der Waals surface area (Å²) < 4.78 is 0. The van der Waals surface area contributed by atoms with Crippen LogP contribution in [0.5, 0.6) is 0 Å². The normalized spacial score (nSPS) is 12.2. The molecule has 4 nitrogen and oxygen atoms in total. The predicted molar refractivity (Wildman–Crippen MR) is 73.9 cm³/mol. The lowest BCUT2D eigenvalue weighted by molar-refractivity contribution is -0.143. The minimum absolute atomic E-state index is 0.125. The average Bonchev–Trinajstić information content (AvgIpc) is 2.34. The van der Waals surface area contributed by atoms with E-state index in [1.165, 1.54) is 0 Å². The van der Waals surface area contributed by atoms with Crippen molar-refractivity contribution in [1.29, 1.82) is 0 Å². The van der Waals surface area contributed by atoms with Crippen molar-refractivity contribution in [3.63, 3.8) is 0 Å². The average molecular weight is 263 g/mol. The van der Waals surface area contributed by atoms with Crippen molar-refractivity contribution >= 4 is 11.9 Å². The van der Waals surface area contributed by atoms with E-state index < -0.39 is 12.0 Å². The molecule has 0 unspecified atom stereocenters. The molecule has 0 heterocycles. The molecule has 0 aliphatic carbocycles. The zero-order chi connectivity index (χ0) is 14.4. The number of aryl methyl sites for hydroxylation is 2. The molecule has 1 rings (SSSR count). The van der Waals surface area contributed by atoms with Gasteiger partial charge in [0.2, 0.25) is 5.91 Å². The molecule has 0 aliphatic rings. The highest BCUT2D eigenvalue weighted by Gasteiger charge is 2.23. The second-order valence-electron chi connectivity index (χ2n) is 5.05. The Hall–Kier alpha value is -1.84. The van der Waals surface area contributed by atoms with Crippen molar-refractivity contribution in [2.75, 3.05) is 0 Å². The van der Waals surface area contributed by atoms with E-state index in [1.54, 1.807) is 13.8 Å². The minimum atomic E-state index is -0.987. The molecule has 1 aromatic carbocycles. The number of amides is 1. The summed E-state index contributed by atoms with van der Waals surface area (Å²) in [6.07, 6.45) is 0.935. The largest absolute Gasteiger partial charge is 0.480 e. The summed E-state index contributed by atoms with van der Waals surface area (Å²) in [4.78, 5) is 22.8. The quantitative estimate of drug-likeness (QED) is 0.826. The molecule has 4 heteroatoms. The van der Waals surface area contributed by atoms with E-state index in [4.69, 9.17) is 5.11 Å². The molecule has 0 spiro atoms. The van der Waals surface area contributed by atoms with Crippen LogP contribution in [0.25, 0.3) is 0 Å². The van der Waals surface area contributed by atoms with Gasteiger partial charge in [0.1, 0.15) is 6.04 Å². The molecule has 1 atom stereocenters. The van der Waals surface area contributed by atoms with Gasteiger partial charge in [-0.2, -0.15) is 0 Å². The Labute approximate surface area is 113 Å². The third-order valence-electron chi connectivity index (χ3n) is 3.13. The van der Waals surface area contributed by atoms with Crippen molar-refractivity contribution in [3.8, 4) is 0 Å². The second-order valence-corrected chi connectivity index (χ2v) is 5.05. The van der Waals surface area contributed by atoms with E-state index in [0.717, 1.165) is 11.1 Å². The standard InChI is InChI=1S/C15H21NO3/c1-10(2)14(15(18)19)16-13(17)9-8-12-7-5-4-6-11(12)3/h4-7,10,14H,8-9H2,1-3H3,(H,16,17)(H,18,19)/t14-/m1/s1. The molecular weight excluding hydrogens is 242 g/mol. The van der Waals surface area contributed by atoms with Crippen LogP contribution in [0.3, 0.4) is 0 Å². The van der Waals surface area contributed by atoms with Crippen molar-refractivity contribution in [2.45, 2.75) is 39.7 Å². The first kappa shape index (κ1) is 15.2. The molecule has 0 aromatic heterocycles. The lowest BCUT2D eigenvalue weighted by atomic mass is 10.0. The van der Waals surface area contributed by atoms with E-state index in [9.17, 15) is 9.59 Å². The second kappa shape index (κ2) is 6.92. The van der Waals surface area contributed by atoms with Crippen molar-refractivity contribution in [2.24, 2.45) is 5.92 Å². The molecule has 0 bridgehead atoms. The van der Waals surface area contributed by atoms with Gasteiger partial charge in [-0.1, -0.05) is 38.1 Å². The number of nitrogens with one attached hydrogen (secondary N) is 1. The minimum Gasteiger partial charge on any atom is -0.480 e. The van der Waals surface area contributed by atoms with Crippen LogP contribution < -0.4 is 5.32 Å². The molecule has 19 heavy (non-hydrogen) atoms. The lowest BCUT2D eigenvalue weighted by Gasteiger charge is -2.17. The fourth-order valence-electron chi connectivity index (χ4n) is 1.90. The Morgan fingerprint density at radius 3 is 2.42 bits per heavy atom. The fraction of sp³-hybridized carbons (Fsp3) is 0.467. The molecule has 1 amide bonds. The number of benzene rings is 1. The number of carboxylic acids is 1. The molecule has 0 aliphatic heterocycles. The van der Waals surface area contributed by atoms with Crippen LogP contribution in [0.2, 0.25) is 0 Å². The van der Waals surface area contributed by atoms with Crippen molar-refractivity contribution in [1.82, 2.24) is 5.32 Å². The van der Waals surface area contributed by atoms with Gasteiger partial charge < -0.3 is 10.4 Å². The van der Waals surface area contributed by atoms with Crippen molar-refractivity contribution in [3.05, 3.63) is 35.4 Å². The number of rotatable bonds is 6. The van der Waals surface area contributed by atoms with Gasteiger partial charge in [-0.3, -0.25) is 4.79 Å². The van der Waals surface area contributed by atoms with Gasteiger partial charge in [-0.25, -0.2) is 4.79 Å². The van der Waals surface area contributed by atoms with Crippen LogP contribution >= 0.6 is 0 Å². The zero-order valence-corrected chi connectivity index (χ0v) is 11.6. The van der Waals surface area contributed by atoms with E-state index in [-0.39, 0.29) is 11.8 Å². The van der Waals surface area contributed by atoms with Crippen LogP contribution in [0.15, 0.2) is 24.3 Å². The SMILES string of the molecule is Cc1ccccc1CCC(=O)N[C@@H](C(=O)O)C(C)C. The maximum absolute atomic E-state index is 11.8. The summed E-state index contributed by atoms with van der Waals surface area (Å²) in [6, 6.07) is 7.07. The lowest BCUT2D eigenvalue weighted by Crippen LogP contribution is -2.44. The summed E-state index contributed by atoms with van der Waals surface area (Å²) in [5, 5.41) is 11.6. The number of carbonyl (C=O) groups is 2. The Balaban J connectivity index is 2.52. The summed E-state index contributed by atoms with van der Waals surface area (Å²) in [7, 11) is 0. The molecule has 1 aromatic rings.